The Balaban J connectivity index is 5.14. The predicted molar refractivity (Wildman–Crippen MR) is 108 cm³/mol. The van der Waals surface area contributed by atoms with Crippen molar-refractivity contribution in [1.82, 2.24) is 16.0 Å². The molecule has 26 heavy (non-hydrogen) atoms. The van der Waals surface area contributed by atoms with Gasteiger partial charge in [-0.25, -0.2) is 0 Å². The maximum absolute atomic E-state index is 12.9. The number of Topliss-reactive ketones (excluding diaryl/α,β-unsaturated/α-hetero) is 1. The van der Waals surface area contributed by atoms with Gasteiger partial charge in [0.1, 0.15) is 0 Å². The minimum Gasteiger partial charge on any atom is -0.386 e. The van der Waals surface area contributed by atoms with Crippen molar-refractivity contribution in [2.24, 2.45) is 17.1 Å². The van der Waals surface area contributed by atoms with Crippen LogP contribution in [0.5, 0.6) is 0 Å². The molecule has 0 aromatic carbocycles. The SMILES string of the molecule is C=C(N)NCCCC(NC(=O)C(NC(C)(C)C)C(C)C)C(=O)C(C)(C)C. The van der Waals surface area contributed by atoms with Gasteiger partial charge in [-0.3, -0.25) is 9.59 Å². The first-order chi connectivity index (χ1) is 11.6. The normalized spacial score (nSPS) is 14.7. The highest BCUT2D eigenvalue weighted by Gasteiger charge is 2.33. The largest absolute Gasteiger partial charge is 0.386 e. The van der Waals surface area contributed by atoms with Crippen molar-refractivity contribution in [3.05, 3.63) is 12.4 Å². The van der Waals surface area contributed by atoms with Crippen molar-refractivity contribution in [2.75, 3.05) is 6.54 Å². The molecule has 0 radical (unpaired) electrons. The molecule has 0 aromatic rings. The standard InChI is InChI=1S/C20H40N4O2/c1-13(2)16(24-20(7,8)9)18(26)23-15(17(25)19(4,5)6)11-10-12-22-14(3)21/h13,15-16,22,24H,3,10-12,21H2,1-2,4-9H3,(H,23,26). The van der Waals surface area contributed by atoms with E-state index in [0.29, 0.717) is 25.2 Å². The predicted octanol–water partition coefficient (Wildman–Crippen LogP) is 2.30. The number of hydrogen-bond donors (Lipinski definition) is 4. The van der Waals surface area contributed by atoms with Gasteiger partial charge in [-0.15, -0.1) is 0 Å². The molecule has 0 aliphatic heterocycles. The Morgan fingerprint density at radius 2 is 1.62 bits per heavy atom. The van der Waals surface area contributed by atoms with E-state index in [1.165, 1.54) is 0 Å². The zero-order chi connectivity index (χ0) is 20.7. The lowest BCUT2D eigenvalue weighted by Gasteiger charge is -2.32. The summed E-state index contributed by atoms with van der Waals surface area (Å²) in [6.07, 6.45) is 1.27. The number of carbonyl (C=O) groups is 2. The number of rotatable bonds is 10. The second-order valence-electron chi connectivity index (χ2n) is 9.39. The molecule has 1 amide bonds. The number of hydrogen-bond acceptors (Lipinski definition) is 5. The van der Waals surface area contributed by atoms with Gasteiger partial charge in [-0.2, -0.15) is 0 Å². The van der Waals surface area contributed by atoms with Crippen molar-refractivity contribution in [2.45, 2.75) is 85.9 Å². The Bertz CT molecular complexity index is 487. The van der Waals surface area contributed by atoms with E-state index < -0.39 is 11.5 Å². The molecular weight excluding hydrogens is 328 g/mol. The van der Waals surface area contributed by atoms with Crippen molar-refractivity contribution in [3.63, 3.8) is 0 Å². The summed E-state index contributed by atoms with van der Waals surface area (Å²) in [5.74, 6) is 0.424. The van der Waals surface area contributed by atoms with Crippen LogP contribution in [-0.2, 0) is 9.59 Å². The molecule has 0 saturated carbocycles. The van der Waals surface area contributed by atoms with Gasteiger partial charge in [0, 0.05) is 17.5 Å². The second kappa shape index (κ2) is 9.95. The summed E-state index contributed by atoms with van der Waals surface area (Å²) < 4.78 is 0. The first-order valence-electron chi connectivity index (χ1n) is 9.46. The third-order valence-electron chi connectivity index (χ3n) is 3.93. The first kappa shape index (κ1) is 24.4. The van der Waals surface area contributed by atoms with E-state index in [2.05, 4.69) is 22.5 Å². The van der Waals surface area contributed by atoms with E-state index in [1.54, 1.807) is 0 Å². The Morgan fingerprint density at radius 3 is 2.00 bits per heavy atom. The topological polar surface area (TPSA) is 96.2 Å². The summed E-state index contributed by atoms with van der Waals surface area (Å²) in [5.41, 5.74) is 4.79. The van der Waals surface area contributed by atoms with Crippen LogP contribution in [0.3, 0.4) is 0 Å². The van der Waals surface area contributed by atoms with Crippen LogP contribution in [0.1, 0.15) is 68.2 Å². The Hall–Kier alpha value is -1.56. The summed E-state index contributed by atoms with van der Waals surface area (Å²) in [4.78, 5) is 25.7. The molecule has 0 aromatic heterocycles. The third kappa shape index (κ3) is 9.80. The Morgan fingerprint density at radius 1 is 1.08 bits per heavy atom. The van der Waals surface area contributed by atoms with Crippen LogP contribution in [0.25, 0.3) is 0 Å². The lowest BCUT2D eigenvalue weighted by molar-refractivity contribution is -0.134. The van der Waals surface area contributed by atoms with Gasteiger partial charge < -0.3 is 21.7 Å². The highest BCUT2D eigenvalue weighted by molar-refractivity contribution is 5.93. The molecule has 0 bridgehead atoms. The van der Waals surface area contributed by atoms with E-state index in [-0.39, 0.29) is 29.2 Å². The maximum atomic E-state index is 12.9. The molecular formula is C20H40N4O2. The molecule has 2 atom stereocenters. The van der Waals surface area contributed by atoms with Crippen LogP contribution in [0, 0.1) is 11.3 Å². The minimum absolute atomic E-state index is 0.0377. The van der Waals surface area contributed by atoms with Crippen molar-refractivity contribution in [1.29, 1.82) is 0 Å². The van der Waals surface area contributed by atoms with Gasteiger partial charge in [0.05, 0.1) is 17.9 Å². The Labute approximate surface area is 159 Å². The van der Waals surface area contributed by atoms with Crippen LogP contribution in [0.4, 0.5) is 0 Å². The summed E-state index contributed by atoms with van der Waals surface area (Å²) in [7, 11) is 0. The molecule has 6 heteroatoms. The summed E-state index contributed by atoms with van der Waals surface area (Å²) in [6.45, 7) is 19.9. The zero-order valence-electron chi connectivity index (χ0n) is 18.0. The summed E-state index contributed by atoms with van der Waals surface area (Å²) >= 11 is 0. The van der Waals surface area contributed by atoms with Crippen LogP contribution in [-0.4, -0.2) is 35.9 Å². The van der Waals surface area contributed by atoms with Crippen LogP contribution in [0.15, 0.2) is 12.4 Å². The molecule has 0 rings (SSSR count). The lowest BCUT2D eigenvalue weighted by atomic mass is 9.84. The fraction of sp³-hybridized carbons (Fsp3) is 0.800. The van der Waals surface area contributed by atoms with Gasteiger partial charge in [-0.1, -0.05) is 41.2 Å². The van der Waals surface area contributed by atoms with E-state index in [0.717, 1.165) is 0 Å². The van der Waals surface area contributed by atoms with E-state index in [9.17, 15) is 9.59 Å². The summed E-state index contributed by atoms with van der Waals surface area (Å²) in [5, 5.41) is 9.29. The van der Waals surface area contributed by atoms with Gasteiger partial charge in [0.15, 0.2) is 5.78 Å². The quantitative estimate of drug-likeness (QED) is 0.444. The third-order valence-corrected chi connectivity index (χ3v) is 3.93. The fourth-order valence-electron chi connectivity index (χ4n) is 2.61. The molecule has 0 aliphatic rings. The lowest BCUT2D eigenvalue weighted by Crippen LogP contribution is -2.57. The van der Waals surface area contributed by atoms with Crippen molar-refractivity contribution >= 4 is 11.7 Å². The molecule has 0 heterocycles. The monoisotopic (exact) mass is 368 g/mol. The van der Waals surface area contributed by atoms with E-state index in [1.807, 2.05) is 55.4 Å². The number of ketones is 1. The number of carbonyl (C=O) groups excluding carboxylic acids is 2. The van der Waals surface area contributed by atoms with Crippen LogP contribution < -0.4 is 21.7 Å². The first-order valence-corrected chi connectivity index (χ1v) is 9.46. The molecule has 0 spiro atoms. The van der Waals surface area contributed by atoms with Gasteiger partial charge >= 0.3 is 0 Å². The summed E-state index contributed by atoms with van der Waals surface area (Å²) in [6, 6.07) is -0.870. The van der Waals surface area contributed by atoms with Gasteiger partial charge in [0.2, 0.25) is 5.91 Å². The molecule has 5 N–H and O–H groups in total. The molecule has 2 unspecified atom stereocenters. The molecule has 0 fully saturated rings. The van der Waals surface area contributed by atoms with E-state index >= 15 is 0 Å². The fourth-order valence-corrected chi connectivity index (χ4v) is 2.61. The Kier molecular flexibility index (Phi) is 9.35. The number of amides is 1. The second-order valence-corrected chi connectivity index (χ2v) is 9.39. The maximum Gasteiger partial charge on any atom is 0.237 e. The number of nitrogens with one attached hydrogen (secondary N) is 3. The van der Waals surface area contributed by atoms with Crippen LogP contribution >= 0.6 is 0 Å². The van der Waals surface area contributed by atoms with Gasteiger partial charge in [-0.05, 0) is 39.5 Å². The highest BCUT2D eigenvalue weighted by Crippen LogP contribution is 2.19. The molecule has 6 nitrogen and oxygen atoms in total. The zero-order valence-corrected chi connectivity index (χ0v) is 18.0. The molecule has 152 valence electrons. The average Bonchev–Trinajstić information content (AvgIpc) is 2.44. The van der Waals surface area contributed by atoms with Gasteiger partial charge in [0.25, 0.3) is 0 Å². The van der Waals surface area contributed by atoms with Crippen molar-refractivity contribution < 1.29 is 9.59 Å². The smallest absolute Gasteiger partial charge is 0.237 e. The number of nitrogens with two attached hydrogens (primary N) is 1. The van der Waals surface area contributed by atoms with E-state index in [4.69, 9.17) is 5.73 Å². The highest BCUT2D eigenvalue weighted by atomic mass is 16.2. The van der Waals surface area contributed by atoms with Crippen molar-refractivity contribution in [3.8, 4) is 0 Å². The van der Waals surface area contributed by atoms with Crippen LogP contribution in [0.2, 0.25) is 0 Å². The minimum atomic E-state index is -0.520. The average molecular weight is 369 g/mol. The molecule has 0 aliphatic carbocycles. The molecule has 0 saturated heterocycles.